The number of nitrogens with one attached hydrogen (secondary N) is 1. The van der Waals surface area contributed by atoms with Crippen molar-refractivity contribution >= 4 is 11.6 Å². The van der Waals surface area contributed by atoms with Crippen LogP contribution in [0.15, 0.2) is 12.1 Å². The van der Waals surface area contributed by atoms with Gasteiger partial charge in [-0.15, -0.1) is 0 Å². The summed E-state index contributed by atoms with van der Waals surface area (Å²) in [4.78, 5) is 12.0. The quantitative estimate of drug-likeness (QED) is 0.722. The molecule has 0 radical (unpaired) electrons. The highest BCUT2D eigenvalue weighted by Crippen LogP contribution is 2.25. The average Bonchev–Trinajstić information content (AvgIpc) is 2.73. The SMILES string of the molecule is Cc1c(N)cc(C(=O)NCC2(O)CCOC2C)cc1F. The van der Waals surface area contributed by atoms with Gasteiger partial charge < -0.3 is 20.9 Å². The smallest absolute Gasteiger partial charge is 0.251 e. The molecule has 20 heavy (non-hydrogen) atoms. The van der Waals surface area contributed by atoms with E-state index in [-0.39, 0.29) is 23.9 Å². The number of ether oxygens (including phenoxy) is 1. The summed E-state index contributed by atoms with van der Waals surface area (Å²) < 4.78 is 18.8. The summed E-state index contributed by atoms with van der Waals surface area (Å²) in [6.45, 7) is 3.82. The van der Waals surface area contributed by atoms with Crippen LogP contribution < -0.4 is 11.1 Å². The lowest BCUT2D eigenvalue weighted by atomic mass is 9.96. The average molecular weight is 282 g/mol. The van der Waals surface area contributed by atoms with Gasteiger partial charge in [0.1, 0.15) is 11.4 Å². The van der Waals surface area contributed by atoms with E-state index in [9.17, 15) is 14.3 Å². The lowest BCUT2D eigenvalue weighted by molar-refractivity contribution is -0.0251. The maximum atomic E-state index is 13.5. The Kier molecular flexibility index (Phi) is 3.96. The zero-order chi connectivity index (χ0) is 14.9. The third-order valence-electron chi connectivity index (χ3n) is 3.86. The van der Waals surface area contributed by atoms with Gasteiger partial charge in [0.25, 0.3) is 5.91 Å². The molecule has 5 nitrogen and oxygen atoms in total. The van der Waals surface area contributed by atoms with E-state index < -0.39 is 17.3 Å². The number of nitrogen functional groups attached to an aromatic ring is 1. The van der Waals surface area contributed by atoms with E-state index in [0.717, 1.165) is 6.07 Å². The van der Waals surface area contributed by atoms with Gasteiger partial charge in [0, 0.05) is 36.4 Å². The molecule has 1 amide bonds. The van der Waals surface area contributed by atoms with Crippen LogP contribution in [0.2, 0.25) is 0 Å². The van der Waals surface area contributed by atoms with E-state index in [1.54, 1.807) is 13.8 Å². The molecule has 2 unspecified atom stereocenters. The van der Waals surface area contributed by atoms with Crippen molar-refractivity contribution < 1.29 is 19.0 Å². The molecule has 2 atom stereocenters. The van der Waals surface area contributed by atoms with Crippen LogP contribution in [0.1, 0.15) is 29.3 Å². The molecule has 0 spiro atoms. The third-order valence-corrected chi connectivity index (χ3v) is 3.86. The Morgan fingerprint density at radius 3 is 2.90 bits per heavy atom. The predicted molar refractivity (Wildman–Crippen MR) is 72.9 cm³/mol. The standard InChI is InChI=1S/C14H19FN2O3/c1-8-11(15)5-10(6-12(8)16)13(18)17-7-14(19)3-4-20-9(14)2/h5-6,9,19H,3-4,7,16H2,1-2H3,(H,17,18). The molecule has 1 aliphatic heterocycles. The Hall–Kier alpha value is -1.66. The Labute approximate surface area is 116 Å². The molecular formula is C14H19FN2O3. The maximum absolute atomic E-state index is 13.5. The number of benzene rings is 1. The molecule has 0 aromatic heterocycles. The van der Waals surface area contributed by atoms with Gasteiger partial charge in [-0.1, -0.05) is 0 Å². The molecule has 6 heteroatoms. The number of anilines is 1. The number of hydrogen-bond donors (Lipinski definition) is 3. The number of hydrogen-bond acceptors (Lipinski definition) is 4. The lowest BCUT2D eigenvalue weighted by Crippen LogP contribution is -2.47. The normalized spacial score (nSPS) is 25.7. The summed E-state index contributed by atoms with van der Waals surface area (Å²) in [5.74, 6) is -0.991. The van der Waals surface area contributed by atoms with Crippen LogP contribution in [-0.2, 0) is 4.74 Å². The van der Waals surface area contributed by atoms with E-state index in [2.05, 4.69) is 5.32 Å². The molecule has 0 aliphatic carbocycles. The third kappa shape index (κ3) is 2.76. The molecule has 1 saturated heterocycles. The minimum absolute atomic E-state index is 0.0579. The Balaban J connectivity index is 2.06. The predicted octanol–water partition coefficient (Wildman–Crippen LogP) is 0.986. The Morgan fingerprint density at radius 2 is 2.35 bits per heavy atom. The van der Waals surface area contributed by atoms with Crippen molar-refractivity contribution in [2.75, 3.05) is 18.9 Å². The first-order valence-electron chi connectivity index (χ1n) is 6.51. The second-order valence-electron chi connectivity index (χ2n) is 5.22. The zero-order valence-electron chi connectivity index (χ0n) is 11.6. The van der Waals surface area contributed by atoms with Crippen LogP contribution in [0, 0.1) is 12.7 Å². The summed E-state index contributed by atoms with van der Waals surface area (Å²) in [6.07, 6.45) is 0.112. The summed E-state index contributed by atoms with van der Waals surface area (Å²) in [5.41, 5.74) is 5.24. The van der Waals surface area contributed by atoms with Gasteiger partial charge in [0.15, 0.2) is 0 Å². The van der Waals surface area contributed by atoms with Crippen LogP contribution in [0.25, 0.3) is 0 Å². The monoisotopic (exact) mass is 282 g/mol. The first-order valence-corrected chi connectivity index (χ1v) is 6.51. The van der Waals surface area contributed by atoms with Crippen LogP contribution in [-0.4, -0.2) is 35.9 Å². The number of carbonyl (C=O) groups excluding carboxylic acids is 1. The van der Waals surface area contributed by atoms with Crippen molar-refractivity contribution in [2.24, 2.45) is 0 Å². The highest BCUT2D eigenvalue weighted by Gasteiger charge is 2.39. The fraction of sp³-hybridized carbons (Fsp3) is 0.500. The number of halogens is 1. The van der Waals surface area contributed by atoms with Crippen molar-refractivity contribution in [3.8, 4) is 0 Å². The van der Waals surface area contributed by atoms with E-state index in [1.807, 2.05) is 0 Å². The van der Waals surface area contributed by atoms with E-state index >= 15 is 0 Å². The lowest BCUT2D eigenvalue weighted by Gasteiger charge is -2.26. The fourth-order valence-electron chi connectivity index (χ4n) is 2.17. The largest absolute Gasteiger partial charge is 0.398 e. The molecule has 1 aromatic rings. The van der Waals surface area contributed by atoms with Gasteiger partial charge in [0.05, 0.1) is 6.10 Å². The molecule has 1 fully saturated rings. The second-order valence-corrected chi connectivity index (χ2v) is 5.22. The van der Waals surface area contributed by atoms with Crippen LogP contribution >= 0.6 is 0 Å². The minimum atomic E-state index is -1.08. The molecule has 1 aromatic carbocycles. The fourth-order valence-corrected chi connectivity index (χ4v) is 2.17. The molecule has 0 saturated carbocycles. The minimum Gasteiger partial charge on any atom is -0.398 e. The van der Waals surface area contributed by atoms with E-state index in [4.69, 9.17) is 10.5 Å². The van der Waals surface area contributed by atoms with Crippen molar-refractivity contribution in [1.82, 2.24) is 5.32 Å². The summed E-state index contributed by atoms with van der Waals surface area (Å²) >= 11 is 0. The van der Waals surface area contributed by atoms with E-state index in [1.165, 1.54) is 6.07 Å². The van der Waals surface area contributed by atoms with Gasteiger partial charge in [-0.05, 0) is 26.0 Å². The molecule has 2 rings (SSSR count). The van der Waals surface area contributed by atoms with Gasteiger partial charge in [-0.2, -0.15) is 0 Å². The van der Waals surface area contributed by atoms with Gasteiger partial charge in [0.2, 0.25) is 0 Å². The Morgan fingerprint density at radius 1 is 1.65 bits per heavy atom. The van der Waals surface area contributed by atoms with Crippen molar-refractivity contribution in [2.45, 2.75) is 32.0 Å². The first kappa shape index (κ1) is 14.7. The molecule has 1 aliphatic rings. The Bertz CT molecular complexity index is 512. The van der Waals surface area contributed by atoms with Gasteiger partial charge in [-0.3, -0.25) is 4.79 Å². The molecule has 110 valence electrons. The van der Waals surface area contributed by atoms with Gasteiger partial charge >= 0.3 is 0 Å². The van der Waals surface area contributed by atoms with Crippen molar-refractivity contribution in [3.05, 3.63) is 29.1 Å². The highest BCUT2D eigenvalue weighted by molar-refractivity contribution is 5.95. The zero-order valence-corrected chi connectivity index (χ0v) is 11.6. The topological polar surface area (TPSA) is 84.6 Å². The van der Waals surface area contributed by atoms with Crippen molar-refractivity contribution in [3.63, 3.8) is 0 Å². The van der Waals surface area contributed by atoms with E-state index in [0.29, 0.717) is 18.6 Å². The summed E-state index contributed by atoms with van der Waals surface area (Å²) in [5, 5.41) is 12.9. The number of carbonyl (C=O) groups is 1. The summed E-state index contributed by atoms with van der Waals surface area (Å²) in [7, 11) is 0. The molecule has 0 bridgehead atoms. The van der Waals surface area contributed by atoms with Gasteiger partial charge in [-0.25, -0.2) is 4.39 Å². The molecule has 1 heterocycles. The molecular weight excluding hydrogens is 263 g/mol. The highest BCUT2D eigenvalue weighted by atomic mass is 19.1. The van der Waals surface area contributed by atoms with Crippen molar-refractivity contribution in [1.29, 1.82) is 0 Å². The second kappa shape index (κ2) is 5.38. The number of nitrogens with two attached hydrogens (primary N) is 1. The van der Waals surface area contributed by atoms with Crippen LogP contribution in [0.3, 0.4) is 0 Å². The first-order chi connectivity index (χ1) is 9.33. The number of amides is 1. The van der Waals surface area contributed by atoms with Crippen LogP contribution in [0.5, 0.6) is 0 Å². The number of aliphatic hydroxyl groups is 1. The summed E-state index contributed by atoms with van der Waals surface area (Å²) in [6, 6.07) is 2.56. The molecule has 4 N–H and O–H groups in total. The maximum Gasteiger partial charge on any atom is 0.251 e. The van der Waals surface area contributed by atoms with Crippen LogP contribution in [0.4, 0.5) is 10.1 Å². The number of rotatable bonds is 3.